The fraction of sp³-hybridized carbons (Fsp3) is 0.200. The highest BCUT2D eigenvalue weighted by Gasteiger charge is 2.03. The molecular weight excluding hydrogens is 311 g/mol. The smallest absolute Gasteiger partial charge is 0.137 e. The van der Waals surface area contributed by atoms with Crippen molar-refractivity contribution in [1.82, 2.24) is 0 Å². The first-order valence-corrected chi connectivity index (χ1v) is 7.48. The van der Waals surface area contributed by atoms with E-state index in [4.69, 9.17) is 0 Å². The maximum absolute atomic E-state index is 13.1. The van der Waals surface area contributed by atoms with E-state index >= 15 is 0 Å². The van der Waals surface area contributed by atoms with E-state index in [-0.39, 0.29) is 5.82 Å². The predicted octanol–water partition coefficient (Wildman–Crippen LogP) is 5.50. The van der Waals surface area contributed by atoms with Gasteiger partial charge in [0.25, 0.3) is 0 Å². The molecule has 0 amide bonds. The molecule has 2 aromatic rings. The highest BCUT2D eigenvalue weighted by atomic mass is 79.9. The Morgan fingerprint density at radius 2 is 1.89 bits per heavy atom. The first-order chi connectivity index (χ1) is 8.56. The molecular formula is C15H14BrFS. The highest BCUT2D eigenvalue weighted by molar-refractivity contribution is 9.10. The van der Waals surface area contributed by atoms with Crippen molar-refractivity contribution < 1.29 is 4.39 Å². The van der Waals surface area contributed by atoms with Gasteiger partial charge in [-0.15, -0.1) is 11.8 Å². The molecule has 18 heavy (non-hydrogen) atoms. The van der Waals surface area contributed by atoms with Crippen LogP contribution >= 0.6 is 27.7 Å². The van der Waals surface area contributed by atoms with Crippen molar-refractivity contribution in [2.75, 3.05) is 0 Å². The van der Waals surface area contributed by atoms with Crippen molar-refractivity contribution >= 4 is 27.7 Å². The summed E-state index contributed by atoms with van der Waals surface area (Å²) < 4.78 is 13.6. The minimum Gasteiger partial charge on any atom is -0.206 e. The first kappa shape index (κ1) is 13.6. The molecule has 2 rings (SSSR count). The van der Waals surface area contributed by atoms with Gasteiger partial charge in [0.15, 0.2) is 0 Å². The number of benzene rings is 2. The summed E-state index contributed by atoms with van der Waals surface area (Å²) in [7, 11) is 0. The van der Waals surface area contributed by atoms with Gasteiger partial charge in [-0.1, -0.05) is 23.8 Å². The molecule has 0 aliphatic carbocycles. The standard InChI is InChI=1S/C15H14BrFS/c1-10-3-6-15(11(2)7-10)18-9-12-4-5-14(17)13(16)8-12/h3-8H,9H2,1-2H3. The van der Waals surface area contributed by atoms with E-state index in [1.165, 1.54) is 22.1 Å². The molecule has 0 heterocycles. The second kappa shape index (κ2) is 5.89. The number of halogens is 2. The van der Waals surface area contributed by atoms with Crippen molar-refractivity contribution in [3.63, 3.8) is 0 Å². The largest absolute Gasteiger partial charge is 0.206 e. The van der Waals surface area contributed by atoms with Crippen LogP contribution in [0.3, 0.4) is 0 Å². The highest BCUT2D eigenvalue weighted by Crippen LogP contribution is 2.28. The van der Waals surface area contributed by atoms with Gasteiger partial charge in [-0.3, -0.25) is 0 Å². The number of aryl methyl sites for hydroxylation is 2. The van der Waals surface area contributed by atoms with E-state index in [1.807, 2.05) is 12.1 Å². The molecule has 0 N–H and O–H groups in total. The average Bonchev–Trinajstić information content (AvgIpc) is 2.32. The van der Waals surface area contributed by atoms with Gasteiger partial charge in [-0.25, -0.2) is 4.39 Å². The monoisotopic (exact) mass is 324 g/mol. The molecule has 0 aliphatic heterocycles. The third-order valence-corrected chi connectivity index (χ3v) is 4.56. The van der Waals surface area contributed by atoms with Gasteiger partial charge < -0.3 is 0 Å². The van der Waals surface area contributed by atoms with Crippen LogP contribution in [0.15, 0.2) is 45.8 Å². The lowest BCUT2D eigenvalue weighted by Gasteiger charge is -2.07. The van der Waals surface area contributed by atoms with Crippen molar-refractivity contribution in [2.24, 2.45) is 0 Å². The van der Waals surface area contributed by atoms with E-state index in [2.05, 4.69) is 48.0 Å². The van der Waals surface area contributed by atoms with Crippen molar-refractivity contribution in [2.45, 2.75) is 24.5 Å². The molecule has 0 aromatic heterocycles. The Bertz CT molecular complexity index is 566. The summed E-state index contributed by atoms with van der Waals surface area (Å²) in [6, 6.07) is 11.6. The lowest BCUT2D eigenvalue weighted by atomic mass is 10.2. The molecule has 0 atom stereocenters. The molecule has 0 aliphatic rings. The predicted molar refractivity (Wildman–Crippen MR) is 79.6 cm³/mol. The van der Waals surface area contributed by atoms with Gasteiger partial charge in [0, 0.05) is 10.6 Å². The van der Waals surface area contributed by atoms with E-state index in [0.29, 0.717) is 4.47 Å². The lowest BCUT2D eigenvalue weighted by molar-refractivity contribution is 0.620. The van der Waals surface area contributed by atoms with Crippen LogP contribution in [0, 0.1) is 19.7 Å². The quantitative estimate of drug-likeness (QED) is 0.672. The normalized spacial score (nSPS) is 10.7. The Labute approximate surface area is 120 Å². The summed E-state index contributed by atoms with van der Waals surface area (Å²) in [6.07, 6.45) is 0. The SMILES string of the molecule is Cc1ccc(SCc2ccc(F)c(Br)c2)c(C)c1. The van der Waals surface area contributed by atoms with Gasteiger partial charge in [0.1, 0.15) is 5.82 Å². The third kappa shape index (κ3) is 3.36. The molecule has 3 heteroatoms. The second-order valence-corrected chi connectivity index (χ2v) is 6.18. The average molecular weight is 325 g/mol. The second-order valence-electron chi connectivity index (χ2n) is 4.31. The number of hydrogen-bond acceptors (Lipinski definition) is 1. The Morgan fingerprint density at radius 1 is 1.11 bits per heavy atom. The summed E-state index contributed by atoms with van der Waals surface area (Å²) in [6.45, 7) is 4.22. The fourth-order valence-electron chi connectivity index (χ4n) is 1.75. The molecule has 0 saturated carbocycles. The van der Waals surface area contributed by atoms with Gasteiger partial charge in [-0.05, 0) is 59.1 Å². The minimum atomic E-state index is -0.213. The molecule has 0 unspecified atom stereocenters. The van der Waals surface area contributed by atoms with Crippen LogP contribution in [-0.2, 0) is 5.75 Å². The zero-order chi connectivity index (χ0) is 13.1. The zero-order valence-electron chi connectivity index (χ0n) is 10.3. The fourth-order valence-corrected chi connectivity index (χ4v) is 3.13. The van der Waals surface area contributed by atoms with E-state index in [1.54, 1.807) is 11.8 Å². The number of hydrogen-bond donors (Lipinski definition) is 0. The topological polar surface area (TPSA) is 0 Å². The molecule has 0 radical (unpaired) electrons. The number of thioether (sulfide) groups is 1. The third-order valence-electron chi connectivity index (χ3n) is 2.71. The van der Waals surface area contributed by atoms with Crippen molar-refractivity contribution in [1.29, 1.82) is 0 Å². The molecule has 94 valence electrons. The minimum absolute atomic E-state index is 0.213. The molecule has 2 aromatic carbocycles. The zero-order valence-corrected chi connectivity index (χ0v) is 12.7. The Morgan fingerprint density at radius 3 is 2.56 bits per heavy atom. The van der Waals surface area contributed by atoms with Crippen LogP contribution < -0.4 is 0 Å². The maximum Gasteiger partial charge on any atom is 0.137 e. The summed E-state index contributed by atoms with van der Waals surface area (Å²) in [4.78, 5) is 1.28. The van der Waals surface area contributed by atoms with Crippen LogP contribution in [0.25, 0.3) is 0 Å². The Kier molecular flexibility index (Phi) is 4.46. The molecule has 0 nitrogen and oxygen atoms in total. The Hall–Kier alpha value is -0.800. The molecule has 0 spiro atoms. The van der Waals surface area contributed by atoms with Crippen LogP contribution in [0.5, 0.6) is 0 Å². The van der Waals surface area contributed by atoms with Crippen LogP contribution in [0.1, 0.15) is 16.7 Å². The van der Waals surface area contributed by atoms with Crippen LogP contribution in [0.2, 0.25) is 0 Å². The van der Waals surface area contributed by atoms with Gasteiger partial charge in [-0.2, -0.15) is 0 Å². The van der Waals surface area contributed by atoms with E-state index in [9.17, 15) is 4.39 Å². The van der Waals surface area contributed by atoms with Gasteiger partial charge >= 0.3 is 0 Å². The Balaban J connectivity index is 2.09. The summed E-state index contributed by atoms with van der Waals surface area (Å²) in [5.41, 5.74) is 3.69. The summed E-state index contributed by atoms with van der Waals surface area (Å²) in [5.74, 6) is 0.637. The van der Waals surface area contributed by atoms with E-state index < -0.39 is 0 Å². The van der Waals surface area contributed by atoms with Crippen molar-refractivity contribution in [3.05, 3.63) is 63.4 Å². The van der Waals surface area contributed by atoms with Gasteiger partial charge in [0.2, 0.25) is 0 Å². The molecule has 0 saturated heterocycles. The summed E-state index contributed by atoms with van der Waals surface area (Å²) in [5, 5.41) is 0. The maximum atomic E-state index is 13.1. The first-order valence-electron chi connectivity index (χ1n) is 5.70. The molecule has 0 bridgehead atoms. The van der Waals surface area contributed by atoms with E-state index in [0.717, 1.165) is 11.3 Å². The summed E-state index contributed by atoms with van der Waals surface area (Å²) >= 11 is 4.99. The number of rotatable bonds is 3. The van der Waals surface area contributed by atoms with Crippen molar-refractivity contribution in [3.8, 4) is 0 Å². The lowest BCUT2D eigenvalue weighted by Crippen LogP contribution is -1.86. The van der Waals surface area contributed by atoms with Crippen LogP contribution in [-0.4, -0.2) is 0 Å². The molecule has 0 fully saturated rings. The van der Waals surface area contributed by atoms with Crippen LogP contribution in [0.4, 0.5) is 4.39 Å². The van der Waals surface area contributed by atoms with Gasteiger partial charge in [0.05, 0.1) is 4.47 Å².